The van der Waals surface area contributed by atoms with E-state index in [-0.39, 0.29) is 23.1 Å². The van der Waals surface area contributed by atoms with Crippen molar-refractivity contribution in [3.63, 3.8) is 0 Å². The lowest BCUT2D eigenvalue weighted by atomic mass is 9.48. The average Bonchev–Trinajstić information content (AvgIpc) is 3.07. The zero-order valence-corrected chi connectivity index (χ0v) is 20.8. The second kappa shape index (κ2) is 8.46. The minimum absolute atomic E-state index is 0.173. The third-order valence-electron chi connectivity index (χ3n) is 8.33. The van der Waals surface area contributed by atoms with Crippen molar-refractivity contribution in [2.45, 2.75) is 50.5 Å². The molecule has 1 aliphatic heterocycles. The number of carbonyl (C=O) groups is 2. The molecule has 1 heterocycles. The van der Waals surface area contributed by atoms with Crippen molar-refractivity contribution >= 4 is 40.6 Å². The lowest BCUT2D eigenvalue weighted by Gasteiger charge is -2.57. The molecule has 1 saturated heterocycles. The molecule has 6 heteroatoms. The van der Waals surface area contributed by atoms with E-state index in [1.165, 1.54) is 49.0 Å². The van der Waals surface area contributed by atoms with Gasteiger partial charge in [0.25, 0.3) is 11.1 Å². The molecule has 0 N–H and O–H groups in total. The first-order chi connectivity index (χ1) is 16.4. The second-order valence-electron chi connectivity index (χ2n) is 10.5. The molecule has 176 valence electrons. The molecule has 2 aromatic rings. The highest BCUT2D eigenvalue weighted by Crippen LogP contribution is 2.61. The van der Waals surface area contributed by atoms with E-state index < -0.39 is 0 Å². The van der Waals surface area contributed by atoms with Crippen molar-refractivity contribution in [2.24, 2.45) is 17.8 Å². The van der Waals surface area contributed by atoms with Gasteiger partial charge in [-0.05, 0) is 109 Å². The number of carbonyl (C=O) groups excluding carboxylic acids is 2. The maximum atomic E-state index is 13.2. The number of methoxy groups -OCH3 is 1. The van der Waals surface area contributed by atoms with E-state index >= 15 is 0 Å². The zero-order chi connectivity index (χ0) is 23.4. The molecule has 0 unspecified atom stereocenters. The van der Waals surface area contributed by atoms with Gasteiger partial charge in [-0.2, -0.15) is 0 Å². The fourth-order valence-electron chi connectivity index (χ4n) is 7.22. The molecule has 5 fully saturated rings. The maximum Gasteiger partial charge on any atom is 0.293 e. The Kier molecular flexibility index (Phi) is 5.53. The molecule has 34 heavy (non-hydrogen) atoms. The van der Waals surface area contributed by atoms with Crippen LogP contribution in [0.3, 0.4) is 0 Å². The summed E-state index contributed by atoms with van der Waals surface area (Å²) in [5.41, 5.74) is 3.26. The van der Waals surface area contributed by atoms with Crippen LogP contribution in [-0.2, 0) is 16.8 Å². The van der Waals surface area contributed by atoms with Crippen LogP contribution in [-0.4, -0.2) is 23.2 Å². The third-order valence-corrected chi connectivity index (χ3v) is 9.60. The van der Waals surface area contributed by atoms with E-state index in [4.69, 9.17) is 16.3 Å². The van der Waals surface area contributed by atoms with Crippen LogP contribution in [0.15, 0.2) is 47.4 Å². The van der Waals surface area contributed by atoms with Gasteiger partial charge in [0, 0.05) is 10.6 Å². The summed E-state index contributed by atoms with van der Waals surface area (Å²) in [6, 6.07) is 13.8. The predicted molar refractivity (Wildman–Crippen MR) is 136 cm³/mol. The molecule has 0 aromatic heterocycles. The van der Waals surface area contributed by atoms with Gasteiger partial charge in [-0.15, -0.1) is 0 Å². The fourth-order valence-corrected chi connectivity index (χ4v) is 8.24. The largest absolute Gasteiger partial charge is 0.496 e. The highest BCUT2D eigenvalue weighted by molar-refractivity contribution is 8.18. The Hall–Kier alpha value is -2.24. The summed E-state index contributed by atoms with van der Waals surface area (Å²) < 4.78 is 5.65. The summed E-state index contributed by atoms with van der Waals surface area (Å²) >= 11 is 7.25. The highest BCUT2D eigenvalue weighted by atomic mass is 35.5. The van der Waals surface area contributed by atoms with Crippen LogP contribution in [0.2, 0.25) is 5.02 Å². The van der Waals surface area contributed by atoms with Crippen molar-refractivity contribution in [3.05, 3.63) is 69.1 Å². The zero-order valence-electron chi connectivity index (χ0n) is 19.3. The van der Waals surface area contributed by atoms with Crippen LogP contribution in [0.5, 0.6) is 5.75 Å². The Morgan fingerprint density at radius 2 is 1.74 bits per heavy atom. The van der Waals surface area contributed by atoms with Crippen LogP contribution in [0.4, 0.5) is 4.79 Å². The Balaban J connectivity index is 1.31. The molecule has 4 nitrogen and oxygen atoms in total. The molecular weight excluding hydrogens is 466 g/mol. The average molecular weight is 494 g/mol. The lowest BCUT2D eigenvalue weighted by Crippen LogP contribution is -2.48. The SMILES string of the molecule is COc1ccc(C23CC4CC(CC(C4)C2)C3)cc1/C=C1\SC(=O)N(Cc2ccccc2Cl)C1=O. The van der Waals surface area contributed by atoms with Gasteiger partial charge in [0.2, 0.25) is 0 Å². The van der Waals surface area contributed by atoms with Gasteiger partial charge < -0.3 is 4.74 Å². The van der Waals surface area contributed by atoms with Crippen LogP contribution in [0, 0.1) is 17.8 Å². The fraction of sp³-hybridized carbons (Fsp3) is 0.429. The van der Waals surface area contributed by atoms with Crippen LogP contribution >= 0.6 is 23.4 Å². The van der Waals surface area contributed by atoms with Crippen molar-refractivity contribution in [1.82, 2.24) is 4.90 Å². The highest BCUT2D eigenvalue weighted by Gasteiger charge is 2.51. The number of benzene rings is 2. The summed E-state index contributed by atoms with van der Waals surface area (Å²) in [6.45, 7) is 0.173. The number of ether oxygens (including phenoxy) is 1. The first-order valence-electron chi connectivity index (χ1n) is 12.1. The molecule has 0 atom stereocenters. The van der Waals surface area contributed by atoms with Crippen LogP contribution < -0.4 is 4.74 Å². The smallest absolute Gasteiger partial charge is 0.293 e. The summed E-state index contributed by atoms with van der Waals surface area (Å²) in [7, 11) is 1.65. The van der Waals surface area contributed by atoms with Crippen molar-refractivity contribution < 1.29 is 14.3 Å². The number of hydrogen-bond donors (Lipinski definition) is 0. The van der Waals surface area contributed by atoms with Crippen LogP contribution in [0.25, 0.3) is 6.08 Å². The monoisotopic (exact) mass is 493 g/mol. The van der Waals surface area contributed by atoms with Crippen molar-refractivity contribution in [3.8, 4) is 5.75 Å². The van der Waals surface area contributed by atoms with E-state index in [9.17, 15) is 9.59 Å². The summed E-state index contributed by atoms with van der Waals surface area (Å²) in [4.78, 5) is 27.6. The minimum Gasteiger partial charge on any atom is -0.496 e. The molecular formula is C28H28ClNO3S. The number of imide groups is 1. The number of nitrogens with zero attached hydrogens (tertiary/aromatic N) is 1. The van der Waals surface area contributed by atoms with Gasteiger partial charge in [-0.1, -0.05) is 35.9 Å². The van der Waals surface area contributed by atoms with Crippen LogP contribution in [0.1, 0.15) is 55.2 Å². The minimum atomic E-state index is -0.280. The van der Waals surface area contributed by atoms with E-state index in [1.807, 2.05) is 30.3 Å². The molecule has 0 spiro atoms. The maximum absolute atomic E-state index is 13.2. The van der Waals surface area contributed by atoms with Crippen molar-refractivity contribution in [1.29, 1.82) is 0 Å². The van der Waals surface area contributed by atoms with Gasteiger partial charge in [0.15, 0.2) is 0 Å². The molecule has 2 amide bonds. The Morgan fingerprint density at radius 3 is 2.38 bits per heavy atom. The van der Waals surface area contributed by atoms with Gasteiger partial charge in [-0.25, -0.2) is 0 Å². The van der Waals surface area contributed by atoms with Crippen molar-refractivity contribution in [2.75, 3.05) is 7.11 Å². The third kappa shape index (κ3) is 3.77. The van der Waals surface area contributed by atoms with Gasteiger partial charge >= 0.3 is 0 Å². The Morgan fingerprint density at radius 1 is 1.06 bits per heavy atom. The topological polar surface area (TPSA) is 46.6 Å². The molecule has 4 aliphatic carbocycles. The Bertz CT molecular complexity index is 1170. The van der Waals surface area contributed by atoms with Gasteiger partial charge in [-0.3, -0.25) is 14.5 Å². The number of rotatable bonds is 5. The van der Waals surface area contributed by atoms with E-state index in [0.717, 1.165) is 46.4 Å². The Labute approximate surface area is 209 Å². The standard InChI is InChI=1S/C28H28ClNO3S/c1-33-24-7-6-22(28-13-17-8-18(14-28)10-19(9-17)15-28)11-21(24)12-25-26(31)30(27(32)34-25)16-20-4-2-3-5-23(20)29/h2-7,11-12,17-19H,8-10,13-16H2,1H3/b25-12-. The summed E-state index contributed by atoms with van der Waals surface area (Å²) in [5, 5.41) is 0.280. The molecule has 5 aliphatic rings. The quantitative estimate of drug-likeness (QED) is 0.418. The summed E-state index contributed by atoms with van der Waals surface area (Å²) in [5.74, 6) is 3.03. The molecule has 7 rings (SSSR count). The second-order valence-corrected chi connectivity index (χ2v) is 11.9. The molecule has 4 saturated carbocycles. The van der Waals surface area contributed by atoms with Gasteiger partial charge in [0.1, 0.15) is 5.75 Å². The molecule has 4 bridgehead atoms. The predicted octanol–water partition coefficient (Wildman–Crippen LogP) is 7.05. The number of halogens is 1. The molecule has 2 aromatic carbocycles. The van der Waals surface area contributed by atoms with E-state index in [0.29, 0.717) is 9.93 Å². The number of hydrogen-bond acceptors (Lipinski definition) is 4. The molecule has 0 radical (unpaired) electrons. The number of thioether (sulfide) groups is 1. The van der Waals surface area contributed by atoms with E-state index in [1.54, 1.807) is 13.2 Å². The number of amides is 2. The first-order valence-corrected chi connectivity index (χ1v) is 13.3. The lowest BCUT2D eigenvalue weighted by molar-refractivity contribution is -0.123. The van der Waals surface area contributed by atoms with Gasteiger partial charge in [0.05, 0.1) is 18.6 Å². The van der Waals surface area contributed by atoms with E-state index in [2.05, 4.69) is 12.1 Å². The first kappa shape index (κ1) is 22.2. The summed E-state index contributed by atoms with van der Waals surface area (Å²) in [6.07, 6.45) is 9.88. The normalized spacial score (nSPS) is 31.1.